The van der Waals surface area contributed by atoms with Gasteiger partial charge in [0.05, 0.1) is 18.6 Å². The summed E-state index contributed by atoms with van der Waals surface area (Å²) >= 11 is 0. The van der Waals surface area contributed by atoms with E-state index in [4.69, 9.17) is 4.74 Å². The van der Waals surface area contributed by atoms with Crippen LogP contribution in [0.15, 0.2) is 72.8 Å². The third-order valence-electron chi connectivity index (χ3n) is 8.07. The summed E-state index contributed by atoms with van der Waals surface area (Å²) in [5.74, 6) is 0.408. The number of hydrogen-bond donors (Lipinski definition) is 1. The SMILES string of the molecule is CCC(C(=O)N1CCN(c2ccc(NC(=O)c3ccc(OC)cc3)cc2C(=O)N2CCCC2)CC1)c1ccccc1. The Kier molecular flexibility index (Phi) is 8.87. The summed E-state index contributed by atoms with van der Waals surface area (Å²) in [6.07, 6.45) is 2.74. The van der Waals surface area contributed by atoms with E-state index in [0.717, 1.165) is 43.6 Å². The molecule has 0 radical (unpaired) electrons. The molecule has 41 heavy (non-hydrogen) atoms. The highest BCUT2D eigenvalue weighted by Crippen LogP contribution is 2.30. The molecular weight excluding hydrogens is 516 g/mol. The lowest BCUT2D eigenvalue weighted by molar-refractivity contribution is -0.133. The smallest absolute Gasteiger partial charge is 0.256 e. The Morgan fingerprint density at radius 2 is 1.51 bits per heavy atom. The summed E-state index contributed by atoms with van der Waals surface area (Å²) in [6, 6.07) is 22.4. The molecule has 2 fully saturated rings. The van der Waals surface area contributed by atoms with Crippen LogP contribution in [-0.2, 0) is 4.79 Å². The maximum Gasteiger partial charge on any atom is 0.256 e. The third kappa shape index (κ3) is 6.37. The monoisotopic (exact) mass is 554 g/mol. The molecule has 3 amide bonds. The summed E-state index contributed by atoms with van der Waals surface area (Å²) in [6.45, 7) is 5.98. The maximum atomic E-state index is 13.7. The number of nitrogens with one attached hydrogen (secondary N) is 1. The Labute approximate surface area is 241 Å². The minimum absolute atomic E-state index is 0.0216. The first-order chi connectivity index (χ1) is 20.0. The van der Waals surface area contributed by atoms with Crippen molar-refractivity contribution in [2.75, 3.05) is 56.6 Å². The molecule has 8 heteroatoms. The molecule has 1 N–H and O–H groups in total. The Morgan fingerprint density at radius 1 is 0.829 bits per heavy atom. The molecule has 3 aromatic carbocycles. The molecule has 214 valence electrons. The second kappa shape index (κ2) is 12.9. The van der Waals surface area contributed by atoms with Gasteiger partial charge in [-0.25, -0.2) is 0 Å². The highest BCUT2D eigenvalue weighted by Gasteiger charge is 2.30. The highest BCUT2D eigenvalue weighted by atomic mass is 16.5. The Hall–Kier alpha value is -4.33. The van der Waals surface area contributed by atoms with Crippen LogP contribution in [0.3, 0.4) is 0 Å². The number of carbonyl (C=O) groups excluding carboxylic acids is 3. The van der Waals surface area contributed by atoms with Crippen molar-refractivity contribution in [1.29, 1.82) is 0 Å². The van der Waals surface area contributed by atoms with Crippen LogP contribution in [0.4, 0.5) is 11.4 Å². The van der Waals surface area contributed by atoms with Gasteiger partial charge in [0, 0.05) is 56.2 Å². The van der Waals surface area contributed by atoms with Crippen molar-refractivity contribution < 1.29 is 19.1 Å². The van der Waals surface area contributed by atoms with Crippen LogP contribution in [0.25, 0.3) is 0 Å². The number of carbonyl (C=O) groups is 3. The number of piperazine rings is 1. The Bertz CT molecular complexity index is 1360. The number of hydrogen-bond acceptors (Lipinski definition) is 5. The average Bonchev–Trinajstić information content (AvgIpc) is 3.57. The molecule has 2 aliphatic heterocycles. The van der Waals surface area contributed by atoms with Gasteiger partial charge in [-0.1, -0.05) is 37.3 Å². The van der Waals surface area contributed by atoms with Crippen molar-refractivity contribution in [2.24, 2.45) is 0 Å². The van der Waals surface area contributed by atoms with Crippen molar-refractivity contribution in [3.8, 4) is 5.75 Å². The van der Waals surface area contributed by atoms with E-state index in [1.54, 1.807) is 37.4 Å². The standard InChI is InChI=1S/C33H38N4O4/c1-3-28(24-9-5-4-6-10-24)32(39)37-21-19-35(20-22-37)30-16-13-26(23-29(30)33(40)36-17-7-8-18-36)34-31(38)25-11-14-27(41-2)15-12-25/h4-6,9-16,23,28H,3,7-8,17-22H2,1-2H3,(H,34,38). The number of benzene rings is 3. The number of nitrogens with zero attached hydrogens (tertiary/aromatic N) is 3. The summed E-state index contributed by atoms with van der Waals surface area (Å²) in [4.78, 5) is 46.0. The number of anilines is 2. The Balaban J connectivity index is 1.32. The third-order valence-corrected chi connectivity index (χ3v) is 8.07. The van der Waals surface area contributed by atoms with E-state index >= 15 is 0 Å². The van der Waals surface area contributed by atoms with Crippen molar-refractivity contribution in [2.45, 2.75) is 32.1 Å². The van der Waals surface area contributed by atoms with Gasteiger partial charge in [-0.05, 0) is 67.3 Å². The summed E-state index contributed by atoms with van der Waals surface area (Å²) < 4.78 is 5.19. The first kappa shape index (κ1) is 28.2. The fourth-order valence-electron chi connectivity index (χ4n) is 5.72. The Morgan fingerprint density at radius 3 is 2.15 bits per heavy atom. The van der Waals surface area contributed by atoms with E-state index in [1.165, 1.54) is 0 Å². The van der Waals surface area contributed by atoms with Gasteiger partial charge >= 0.3 is 0 Å². The van der Waals surface area contributed by atoms with Crippen molar-refractivity contribution in [3.05, 3.63) is 89.5 Å². The van der Waals surface area contributed by atoms with E-state index in [-0.39, 0.29) is 23.6 Å². The molecule has 2 heterocycles. The van der Waals surface area contributed by atoms with Crippen molar-refractivity contribution >= 4 is 29.1 Å². The molecule has 8 nitrogen and oxygen atoms in total. The lowest BCUT2D eigenvalue weighted by atomic mass is 9.94. The van der Waals surface area contributed by atoms with Crippen molar-refractivity contribution in [1.82, 2.24) is 9.80 Å². The quantitative estimate of drug-likeness (QED) is 0.423. The van der Waals surface area contributed by atoms with Crippen LogP contribution in [0, 0.1) is 0 Å². The number of ether oxygens (including phenoxy) is 1. The van der Waals surface area contributed by atoms with Crippen molar-refractivity contribution in [3.63, 3.8) is 0 Å². The van der Waals surface area contributed by atoms with Crippen LogP contribution in [0.2, 0.25) is 0 Å². The highest BCUT2D eigenvalue weighted by molar-refractivity contribution is 6.06. The predicted molar refractivity (Wildman–Crippen MR) is 161 cm³/mol. The molecule has 0 aliphatic carbocycles. The van der Waals surface area contributed by atoms with Gasteiger partial charge in [0.2, 0.25) is 5.91 Å². The molecule has 0 aromatic heterocycles. The minimum Gasteiger partial charge on any atom is -0.497 e. The van der Waals surface area contributed by atoms with Gasteiger partial charge in [-0.2, -0.15) is 0 Å². The summed E-state index contributed by atoms with van der Waals surface area (Å²) in [7, 11) is 1.58. The van der Waals surface area contributed by atoms with E-state index in [0.29, 0.717) is 48.7 Å². The normalized spacial score (nSPS) is 15.9. The molecule has 0 bridgehead atoms. The van der Waals surface area contributed by atoms with Gasteiger partial charge < -0.3 is 24.8 Å². The zero-order valence-corrected chi connectivity index (χ0v) is 23.8. The summed E-state index contributed by atoms with van der Waals surface area (Å²) in [5, 5.41) is 2.95. The van der Waals surface area contributed by atoms with Gasteiger partial charge in [-0.15, -0.1) is 0 Å². The maximum absolute atomic E-state index is 13.7. The topological polar surface area (TPSA) is 82.2 Å². The minimum atomic E-state index is -0.254. The van der Waals surface area contributed by atoms with Crippen LogP contribution in [0.1, 0.15) is 58.4 Å². The van der Waals surface area contributed by atoms with E-state index in [1.807, 2.05) is 52.3 Å². The van der Waals surface area contributed by atoms with Gasteiger partial charge in [0.1, 0.15) is 5.75 Å². The zero-order valence-electron chi connectivity index (χ0n) is 23.8. The zero-order chi connectivity index (χ0) is 28.8. The van der Waals surface area contributed by atoms with E-state index in [2.05, 4.69) is 17.1 Å². The van der Waals surface area contributed by atoms with Crippen LogP contribution in [-0.4, -0.2) is 73.9 Å². The predicted octanol–water partition coefficient (Wildman–Crippen LogP) is 5.03. The van der Waals surface area contributed by atoms with Crippen LogP contribution < -0.4 is 15.0 Å². The molecule has 2 aliphatic rings. The molecule has 0 saturated carbocycles. The fraction of sp³-hybridized carbons (Fsp3) is 0.364. The first-order valence-electron chi connectivity index (χ1n) is 14.5. The lowest BCUT2D eigenvalue weighted by Crippen LogP contribution is -2.50. The fourth-order valence-corrected chi connectivity index (χ4v) is 5.72. The van der Waals surface area contributed by atoms with Gasteiger partial charge in [-0.3, -0.25) is 14.4 Å². The first-order valence-corrected chi connectivity index (χ1v) is 14.5. The number of methoxy groups -OCH3 is 1. The van der Waals surface area contributed by atoms with Gasteiger partial charge in [0.15, 0.2) is 0 Å². The second-order valence-electron chi connectivity index (χ2n) is 10.6. The summed E-state index contributed by atoms with van der Waals surface area (Å²) in [5.41, 5.74) is 3.54. The van der Waals surface area contributed by atoms with Crippen LogP contribution >= 0.6 is 0 Å². The molecule has 2 saturated heterocycles. The number of rotatable bonds is 8. The second-order valence-corrected chi connectivity index (χ2v) is 10.6. The van der Waals surface area contributed by atoms with E-state index in [9.17, 15) is 14.4 Å². The van der Waals surface area contributed by atoms with Gasteiger partial charge in [0.25, 0.3) is 11.8 Å². The molecule has 0 spiro atoms. The molecule has 1 unspecified atom stereocenters. The molecule has 1 atom stereocenters. The lowest BCUT2D eigenvalue weighted by Gasteiger charge is -2.38. The van der Waals surface area contributed by atoms with E-state index < -0.39 is 0 Å². The average molecular weight is 555 g/mol. The largest absolute Gasteiger partial charge is 0.497 e. The molecule has 3 aromatic rings. The van der Waals surface area contributed by atoms with Crippen LogP contribution in [0.5, 0.6) is 5.75 Å². The molecule has 5 rings (SSSR count). The molecular formula is C33H38N4O4. The number of amides is 3. The number of likely N-dealkylation sites (tertiary alicyclic amines) is 1.